The number of likely N-dealkylation sites (tertiary alicyclic amines) is 1. The molecule has 3 amide bonds. The van der Waals surface area contributed by atoms with Gasteiger partial charge < -0.3 is 4.90 Å². The highest BCUT2D eigenvalue weighted by molar-refractivity contribution is 6.35. The molecule has 2 saturated heterocycles. The van der Waals surface area contributed by atoms with E-state index in [0.29, 0.717) is 28.8 Å². The van der Waals surface area contributed by atoms with Crippen LogP contribution in [0.5, 0.6) is 0 Å². The number of urea groups is 1. The molecule has 2 aromatic carbocycles. The van der Waals surface area contributed by atoms with Gasteiger partial charge in [-0.05, 0) is 43.2 Å². The van der Waals surface area contributed by atoms with Crippen LogP contribution in [0.3, 0.4) is 0 Å². The van der Waals surface area contributed by atoms with Crippen LogP contribution in [0.15, 0.2) is 61.2 Å². The lowest BCUT2D eigenvalue weighted by molar-refractivity contribution is -0.124. The van der Waals surface area contributed by atoms with E-state index in [1.54, 1.807) is 42.5 Å². The van der Waals surface area contributed by atoms with Crippen LogP contribution in [-0.4, -0.2) is 63.4 Å². The summed E-state index contributed by atoms with van der Waals surface area (Å²) in [6.45, 7) is 5.29. The van der Waals surface area contributed by atoms with Gasteiger partial charge in [-0.1, -0.05) is 47.5 Å². The zero-order valence-electron chi connectivity index (χ0n) is 19.7. The summed E-state index contributed by atoms with van der Waals surface area (Å²) in [6.07, 6.45) is 5.03. The molecule has 9 heteroatoms. The first-order valence-corrected chi connectivity index (χ1v) is 12.2. The molecule has 5 rings (SSSR count). The number of hydrogen-bond acceptors (Lipinski definition) is 5. The van der Waals surface area contributed by atoms with Gasteiger partial charge in [-0.2, -0.15) is 0 Å². The van der Waals surface area contributed by atoms with Gasteiger partial charge in [0.05, 0.1) is 5.69 Å². The average molecular weight is 510 g/mol. The number of nitrogens with zero attached hydrogens (tertiary/aromatic N) is 5. The highest BCUT2D eigenvalue weighted by atomic mass is 35.5. The number of anilines is 1. The Balaban J connectivity index is 1.57. The molecule has 0 N–H and O–H groups in total. The second-order valence-corrected chi connectivity index (χ2v) is 10.2. The molecule has 0 radical (unpaired) electrons. The third-order valence-electron chi connectivity index (χ3n) is 7.13. The van der Waals surface area contributed by atoms with Crippen LogP contribution in [0.1, 0.15) is 25.3 Å². The molecule has 2 atom stereocenters. The summed E-state index contributed by atoms with van der Waals surface area (Å²) in [5, 5.41) is 0.730. The van der Waals surface area contributed by atoms with Crippen molar-refractivity contribution in [1.82, 2.24) is 19.8 Å². The Labute approximate surface area is 214 Å². The molecule has 0 unspecified atom stereocenters. The minimum Gasteiger partial charge on any atom is -0.310 e. The lowest BCUT2D eigenvalue weighted by Crippen LogP contribution is -2.54. The van der Waals surface area contributed by atoms with Gasteiger partial charge in [0.15, 0.2) is 0 Å². The number of imide groups is 1. The summed E-state index contributed by atoms with van der Waals surface area (Å²) < 4.78 is 0. The van der Waals surface area contributed by atoms with Crippen LogP contribution in [0.25, 0.3) is 11.1 Å². The van der Waals surface area contributed by atoms with Gasteiger partial charge in [0.2, 0.25) is 0 Å². The first-order chi connectivity index (χ1) is 16.7. The van der Waals surface area contributed by atoms with Gasteiger partial charge in [-0.25, -0.2) is 19.7 Å². The molecule has 3 aromatic rings. The van der Waals surface area contributed by atoms with E-state index in [9.17, 15) is 9.59 Å². The SMILES string of the molecule is CC(C)N1C[C@@H](c2ccc(-c3cncnc3)cc2)[C@]2(C1)C(=O)N(c1cc(Cl)cc(Cl)c1)C(=O)N2C. The predicted molar refractivity (Wildman–Crippen MR) is 137 cm³/mol. The molecule has 1 spiro atoms. The van der Waals surface area contributed by atoms with Crippen molar-refractivity contribution in [3.8, 4) is 11.1 Å². The number of carbonyl (C=O) groups excluding carboxylic acids is 2. The summed E-state index contributed by atoms with van der Waals surface area (Å²) in [6, 6.07) is 12.7. The minimum absolute atomic E-state index is 0.212. The molecule has 35 heavy (non-hydrogen) atoms. The maximum Gasteiger partial charge on any atom is 0.332 e. The van der Waals surface area contributed by atoms with Crippen molar-refractivity contribution in [2.24, 2.45) is 0 Å². The summed E-state index contributed by atoms with van der Waals surface area (Å²) in [5.41, 5.74) is 2.22. The largest absolute Gasteiger partial charge is 0.332 e. The van der Waals surface area contributed by atoms with Crippen LogP contribution in [0.2, 0.25) is 10.0 Å². The van der Waals surface area contributed by atoms with Crippen molar-refractivity contribution in [2.45, 2.75) is 31.3 Å². The predicted octanol–water partition coefficient (Wildman–Crippen LogP) is 5.10. The fourth-order valence-electron chi connectivity index (χ4n) is 5.20. The van der Waals surface area contributed by atoms with Crippen molar-refractivity contribution in [3.05, 3.63) is 76.8 Å². The molecule has 0 bridgehead atoms. The van der Waals surface area contributed by atoms with Crippen LogP contribution in [0, 0.1) is 0 Å². The van der Waals surface area contributed by atoms with Crippen LogP contribution >= 0.6 is 23.2 Å². The fraction of sp³-hybridized carbons (Fsp3) is 0.308. The maximum atomic E-state index is 14.1. The molecule has 3 heterocycles. The normalized spacial score (nSPS) is 22.7. The Hall–Kier alpha value is -3.00. The van der Waals surface area contributed by atoms with Crippen molar-refractivity contribution in [2.75, 3.05) is 25.0 Å². The molecule has 0 aliphatic carbocycles. The molecule has 180 valence electrons. The molecule has 2 aliphatic rings. The van der Waals surface area contributed by atoms with Crippen LogP contribution in [0.4, 0.5) is 10.5 Å². The van der Waals surface area contributed by atoms with E-state index < -0.39 is 5.54 Å². The van der Waals surface area contributed by atoms with E-state index in [4.69, 9.17) is 23.2 Å². The first kappa shape index (κ1) is 23.7. The summed E-state index contributed by atoms with van der Waals surface area (Å²) in [7, 11) is 1.71. The molecule has 0 saturated carbocycles. The maximum absolute atomic E-state index is 14.1. The van der Waals surface area contributed by atoms with Gasteiger partial charge in [-0.15, -0.1) is 0 Å². The summed E-state index contributed by atoms with van der Waals surface area (Å²) >= 11 is 12.4. The minimum atomic E-state index is -1.05. The van der Waals surface area contributed by atoms with Crippen molar-refractivity contribution >= 4 is 40.8 Å². The van der Waals surface area contributed by atoms with Crippen LogP contribution < -0.4 is 4.90 Å². The van der Waals surface area contributed by atoms with E-state index in [0.717, 1.165) is 16.7 Å². The third-order valence-corrected chi connectivity index (χ3v) is 7.57. The summed E-state index contributed by atoms with van der Waals surface area (Å²) in [4.78, 5) is 40.9. The van der Waals surface area contributed by atoms with E-state index >= 15 is 0 Å². The average Bonchev–Trinajstić information content (AvgIpc) is 3.33. The number of halogens is 2. The Morgan fingerprint density at radius 3 is 2.20 bits per heavy atom. The standard InChI is InChI=1S/C26H25Cl2N5O2/c1-16(2)32-13-23(18-6-4-17(5-7-18)19-11-29-15-30-12-19)26(14-32)24(34)33(25(35)31(26)3)22-9-20(27)8-21(28)10-22/h4-12,15-16,23H,13-14H2,1-3H3/t23-,26+/m0/s1. The molecule has 2 aliphatic heterocycles. The van der Waals surface area contributed by atoms with E-state index in [2.05, 4.69) is 28.7 Å². The summed E-state index contributed by atoms with van der Waals surface area (Å²) in [5.74, 6) is -0.482. The number of carbonyl (C=O) groups is 2. The lowest BCUT2D eigenvalue weighted by atomic mass is 9.80. The third kappa shape index (κ3) is 3.88. The van der Waals surface area contributed by atoms with Gasteiger partial charge in [0.1, 0.15) is 11.9 Å². The fourth-order valence-corrected chi connectivity index (χ4v) is 5.71. The van der Waals surface area contributed by atoms with Gasteiger partial charge in [0, 0.05) is 60.1 Å². The van der Waals surface area contributed by atoms with Crippen molar-refractivity contribution in [3.63, 3.8) is 0 Å². The number of benzene rings is 2. The second kappa shape index (κ2) is 8.90. The molecular weight excluding hydrogens is 485 g/mol. The Bertz CT molecular complexity index is 1260. The molecule has 7 nitrogen and oxygen atoms in total. The van der Waals surface area contributed by atoms with Crippen molar-refractivity contribution < 1.29 is 9.59 Å². The highest BCUT2D eigenvalue weighted by Gasteiger charge is 2.64. The van der Waals surface area contributed by atoms with E-state index in [-0.39, 0.29) is 23.9 Å². The molecule has 2 fully saturated rings. The van der Waals surface area contributed by atoms with Gasteiger partial charge in [-0.3, -0.25) is 9.69 Å². The Kier molecular flexibility index (Phi) is 6.03. The van der Waals surface area contributed by atoms with Crippen molar-refractivity contribution in [1.29, 1.82) is 0 Å². The molecular formula is C26H25Cl2N5O2. The monoisotopic (exact) mass is 509 g/mol. The van der Waals surface area contributed by atoms with Gasteiger partial charge >= 0.3 is 6.03 Å². The highest BCUT2D eigenvalue weighted by Crippen LogP contribution is 2.47. The number of hydrogen-bond donors (Lipinski definition) is 0. The van der Waals surface area contributed by atoms with E-state index in [1.165, 1.54) is 11.2 Å². The number of rotatable bonds is 4. The zero-order valence-corrected chi connectivity index (χ0v) is 21.2. The number of amides is 3. The number of aromatic nitrogens is 2. The van der Waals surface area contributed by atoms with E-state index in [1.807, 2.05) is 24.3 Å². The number of likely N-dealkylation sites (N-methyl/N-ethyl adjacent to an activating group) is 1. The topological polar surface area (TPSA) is 69.6 Å². The second-order valence-electron chi connectivity index (χ2n) is 9.36. The lowest BCUT2D eigenvalue weighted by Gasteiger charge is -2.34. The Morgan fingerprint density at radius 2 is 1.60 bits per heavy atom. The zero-order chi connectivity index (χ0) is 24.9. The smallest absolute Gasteiger partial charge is 0.310 e. The quantitative estimate of drug-likeness (QED) is 0.457. The van der Waals surface area contributed by atoms with Gasteiger partial charge in [0.25, 0.3) is 5.91 Å². The molecule has 1 aromatic heterocycles. The Morgan fingerprint density at radius 1 is 0.971 bits per heavy atom. The first-order valence-electron chi connectivity index (χ1n) is 11.4. The van der Waals surface area contributed by atoms with Crippen LogP contribution in [-0.2, 0) is 4.79 Å².